The smallest absolute Gasteiger partial charge is 0.203 e. The van der Waals surface area contributed by atoms with E-state index in [9.17, 15) is 5.11 Å². The summed E-state index contributed by atoms with van der Waals surface area (Å²) in [6.45, 7) is 2.91. The van der Waals surface area contributed by atoms with E-state index in [-0.39, 0.29) is 6.04 Å². The van der Waals surface area contributed by atoms with Crippen molar-refractivity contribution in [2.45, 2.75) is 32.1 Å². The van der Waals surface area contributed by atoms with Gasteiger partial charge in [-0.05, 0) is 36.6 Å². The fraction of sp³-hybridized carbons (Fsp3) is 0.333. The van der Waals surface area contributed by atoms with E-state index in [1.54, 1.807) is 21.3 Å². The van der Waals surface area contributed by atoms with Crippen molar-refractivity contribution in [2.24, 2.45) is 0 Å². The van der Waals surface area contributed by atoms with E-state index in [4.69, 9.17) is 18.9 Å². The molecule has 0 heterocycles. The molecule has 0 aliphatic rings. The van der Waals surface area contributed by atoms with Crippen molar-refractivity contribution >= 4 is 0 Å². The molecule has 2 atom stereocenters. The Kier molecular flexibility index (Phi) is 8.98. The van der Waals surface area contributed by atoms with Crippen LogP contribution in [0.25, 0.3) is 0 Å². The van der Waals surface area contributed by atoms with Crippen LogP contribution < -0.4 is 24.3 Å². The topological polar surface area (TPSA) is 69.2 Å². The van der Waals surface area contributed by atoms with Gasteiger partial charge in [0, 0.05) is 18.2 Å². The van der Waals surface area contributed by atoms with Crippen LogP contribution in [0.1, 0.15) is 29.7 Å². The molecule has 3 rings (SSSR count). The Balaban J connectivity index is 1.62. The SMILES string of the molecule is COc1ccc(CC(C)NCC(O)c2ccccc2OCc2ccccc2)c(OC)c1OC. The molecule has 0 aromatic heterocycles. The highest BCUT2D eigenvalue weighted by atomic mass is 16.5. The van der Waals surface area contributed by atoms with Crippen LogP contribution in [-0.4, -0.2) is 39.0 Å². The second-order valence-electron chi connectivity index (χ2n) is 7.83. The number of nitrogens with one attached hydrogen (secondary N) is 1. The minimum Gasteiger partial charge on any atom is -0.493 e. The van der Waals surface area contributed by atoms with Gasteiger partial charge in [0.25, 0.3) is 0 Å². The molecule has 0 saturated heterocycles. The molecule has 0 fully saturated rings. The number of ether oxygens (including phenoxy) is 4. The first-order chi connectivity index (χ1) is 16.1. The summed E-state index contributed by atoms with van der Waals surface area (Å²) in [5.74, 6) is 2.55. The fourth-order valence-electron chi connectivity index (χ4n) is 3.77. The van der Waals surface area contributed by atoms with Crippen LogP contribution in [-0.2, 0) is 13.0 Å². The van der Waals surface area contributed by atoms with Gasteiger partial charge in [0.2, 0.25) is 5.75 Å². The van der Waals surface area contributed by atoms with E-state index in [1.165, 1.54) is 0 Å². The highest BCUT2D eigenvalue weighted by Gasteiger charge is 2.19. The van der Waals surface area contributed by atoms with Crippen LogP contribution >= 0.6 is 0 Å². The van der Waals surface area contributed by atoms with Crippen LogP contribution in [0.15, 0.2) is 66.7 Å². The summed E-state index contributed by atoms with van der Waals surface area (Å²) in [7, 11) is 4.82. The Hall–Kier alpha value is -3.22. The van der Waals surface area contributed by atoms with E-state index in [1.807, 2.05) is 66.7 Å². The third-order valence-corrected chi connectivity index (χ3v) is 5.49. The summed E-state index contributed by atoms with van der Waals surface area (Å²) in [5, 5.41) is 14.3. The van der Waals surface area contributed by atoms with Gasteiger partial charge in [-0.1, -0.05) is 54.6 Å². The van der Waals surface area contributed by atoms with Crippen LogP contribution in [0.3, 0.4) is 0 Å². The molecule has 176 valence electrons. The Morgan fingerprint density at radius 1 is 0.788 bits per heavy atom. The van der Waals surface area contributed by atoms with Crippen molar-refractivity contribution in [1.29, 1.82) is 0 Å². The quantitative estimate of drug-likeness (QED) is 0.421. The minimum absolute atomic E-state index is 0.0871. The maximum Gasteiger partial charge on any atom is 0.203 e. The average Bonchev–Trinajstić information content (AvgIpc) is 2.86. The molecular weight excluding hydrogens is 418 g/mol. The molecule has 6 nitrogen and oxygen atoms in total. The lowest BCUT2D eigenvalue weighted by Crippen LogP contribution is -2.32. The van der Waals surface area contributed by atoms with Gasteiger partial charge in [-0.3, -0.25) is 0 Å². The number of methoxy groups -OCH3 is 3. The van der Waals surface area contributed by atoms with Crippen molar-refractivity contribution in [2.75, 3.05) is 27.9 Å². The first-order valence-corrected chi connectivity index (χ1v) is 11.0. The van der Waals surface area contributed by atoms with E-state index in [0.717, 1.165) is 16.7 Å². The fourth-order valence-corrected chi connectivity index (χ4v) is 3.77. The number of benzene rings is 3. The maximum atomic E-state index is 10.9. The molecule has 0 saturated carbocycles. The van der Waals surface area contributed by atoms with Crippen LogP contribution in [0.5, 0.6) is 23.0 Å². The van der Waals surface area contributed by atoms with Gasteiger partial charge in [-0.2, -0.15) is 0 Å². The number of hydrogen-bond acceptors (Lipinski definition) is 6. The lowest BCUT2D eigenvalue weighted by molar-refractivity contribution is 0.163. The average molecular weight is 452 g/mol. The maximum absolute atomic E-state index is 10.9. The normalized spacial score (nSPS) is 12.6. The lowest BCUT2D eigenvalue weighted by atomic mass is 10.0. The summed E-state index contributed by atoms with van der Waals surface area (Å²) in [6.07, 6.45) is -0.00528. The number of para-hydroxylation sites is 1. The van der Waals surface area contributed by atoms with Crippen LogP contribution in [0.4, 0.5) is 0 Å². The van der Waals surface area contributed by atoms with Gasteiger partial charge in [0.1, 0.15) is 12.4 Å². The first kappa shape index (κ1) is 24.4. The summed E-state index contributed by atoms with van der Waals surface area (Å²) >= 11 is 0. The lowest BCUT2D eigenvalue weighted by Gasteiger charge is -2.21. The number of rotatable bonds is 12. The van der Waals surface area contributed by atoms with E-state index < -0.39 is 6.10 Å². The monoisotopic (exact) mass is 451 g/mol. The third-order valence-electron chi connectivity index (χ3n) is 5.49. The molecule has 0 aliphatic heterocycles. The third kappa shape index (κ3) is 6.40. The molecular formula is C27H33NO5. The molecule has 3 aromatic carbocycles. The molecule has 0 aliphatic carbocycles. The predicted molar refractivity (Wildman–Crippen MR) is 129 cm³/mol. The van der Waals surface area contributed by atoms with E-state index in [2.05, 4.69) is 12.2 Å². The zero-order valence-electron chi connectivity index (χ0n) is 19.7. The van der Waals surface area contributed by atoms with Crippen molar-refractivity contribution in [1.82, 2.24) is 5.32 Å². The van der Waals surface area contributed by atoms with Gasteiger partial charge in [-0.25, -0.2) is 0 Å². The van der Waals surface area contributed by atoms with Crippen molar-refractivity contribution < 1.29 is 24.1 Å². The molecule has 6 heteroatoms. The van der Waals surface area contributed by atoms with Crippen molar-refractivity contribution in [3.05, 3.63) is 83.4 Å². The Labute approximate surface area is 196 Å². The Bertz CT molecular complexity index is 1010. The highest BCUT2D eigenvalue weighted by Crippen LogP contribution is 2.40. The molecule has 3 aromatic rings. The summed E-state index contributed by atoms with van der Waals surface area (Å²) in [5.41, 5.74) is 2.84. The molecule has 0 radical (unpaired) electrons. The van der Waals surface area contributed by atoms with E-state index in [0.29, 0.717) is 42.6 Å². The summed E-state index contributed by atoms with van der Waals surface area (Å²) in [6, 6.07) is 21.5. The zero-order valence-corrected chi connectivity index (χ0v) is 19.7. The highest BCUT2D eigenvalue weighted by molar-refractivity contribution is 5.56. The zero-order chi connectivity index (χ0) is 23.6. The van der Waals surface area contributed by atoms with Gasteiger partial charge in [0.15, 0.2) is 11.5 Å². The van der Waals surface area contributed by atoms with Gasteiger partial charge in [0.05, 0.1) is 27.4 Å². The van der Waals surface area contributed by atoms with Gasteiger partial charge >= 0.3 is 0 Å². The first-order valence-electron chi connectivity index (χ1n) is 11.0. The van der Waals surface area contributed by atoms with Gasteiger partial charge in [-0.15, -0.1) is 0 Å². The minimum atomic E-state index is -0.702. The summed E-state index contributed by atoms with van der Waals surface area (Å²) < 4.78 is 22.4. The number of aliphatic hydroxyl groups excluding tert-OH is 1. The molecule has 0 amide bonds. The van der Waals surface area contributed by atoms with Crippen molar-refractivity contribution in [3.63, 3.8) is 0 Å². The molecule has 2 unspecified atom stereocenters. The standard InChI is InChI=1S/C27H33NO5/c1-19(16-21-14-15-25(30-2)27(32-4)26(21)31-3)28-17-23(29)22-12-8-9-13-24(22)33-18-20-10-6-5-7-11-20/h5-15,19,23,28-29H,16-18H2,1-4H3. The molecule has 2 N–H and O–H groups in total. The predicted octanol–water partition coefficient (Wildman–Crippen LogP) is 4.55. The number of aliphatic hydroxyl groups is 1. The Morgan fingerprint density at radius 2 is 1.48 bits per heavy atom. The molecule has 33 heavy (non-hydrogen) atoms. The van der Waals surface area contributed by atoms with Crippen LogP contribution in [0.2, 0.25) is 0 Å². The van der Waals surface area contributed by atoms with Gasteiger partial charge < -0.3 is 29.4 Å². The van der Waals surface area contributed by atoms with E-state index >= 15 is 0 Å². The largest absolute Gasteiger partial charge is 0.493 e. The van der Waals surface area contributed by atoms with Crippen LogP contribution in [0, 0.1) is 0 Å². The number of hydrogen-bond donors (Lipinski definition) is 2. The second kappa shape index (κ2) is 12.1. The van der Waals surface area contributed by atoms with Crippen molar-refractivity contribution in [3.8, 4) is 23.0 Å². The summed E-state index contributed by atoms with van der Waals surface area (Å²) in [4.78, 5) is 0. The molecule has 0 bridgehead atoms. The second-order valence-corrected chi connectivity index (χ2v) is 7.83. The Morgan fingerprint density at radius 3 is 2.18 bits per heavy atom. The molecule has 0 spiro atoms.